The zero-order valence-electron chi connectivity index (χ0n) is 15.1. The molecule has 2 amide bonds. The summed E-state index contributed by atoms with van der Waals surface area (Å²) in [5.74, 6) is 0.179. The third kappa shape index (κ3) is 3.97. The molecule has 0 saturated heterocycles. The molecule has 27 heavy (non-hydrogen) atoms. The number of aryl methyl sites for hydroxylation is 2. The van der Waals surface area contributed by atoms with Crippen molar-refractivity contribution in [2.45, 2.75) is 13.8 Å². The van der Waals surface area contributed by atoms with E-state index in [-0.39, 0.29) is 24.0 Å². The van der Waals surface area contributed by atoms with Crippen LogP contribution < -0.4 is 11.0 Å². The molecule has 0 unspecified atom stereocenters. The number of carbonyl (C=O) groups excluding carboxylic acids is 2. The summed E-state index contributed by atoms with van der Waals surface area (Å²) in [6.45, 7) is 3.38. The molecule has 0 aliphatic carbocycles. The summed E-state index contributed by atoms with van der Waals surface area (Å²) in [6, 6.07) is 8.18. The van der Waals surface area contributed by atoms with Crippen molar-refractivity contribution in [3.63, 3.8) is 0 Å². The van der Waals surface area contributed by atoms with Crippen molar-refractivity contribution in [1.29, 1.82) is 0 Å². The lowest BCUT2D eigenvalue weighted by Gasteiger charge is -2.16. The molecule has 9 nitrogen and oxygen atoms in total. The quantitative estimate of drug-likeness (QED) is 0.707. The fourth-order valence-corrected chi connectivity index (χ4v) is 2.64. The number of hydrogen-bond acceptors (Lipinski definition) is 5. The van der Waals surface area contributed by atoms with E-state index in [4.69, 9.17) is 4.52 Å². The van der Waals surface area contributed by atoms with E-state index < -0.39 is 0 Å². The first-order chi connectivity index (χ1) is 12.8. The van der Waals surface area contributed by atoms with Gasteiger partial charge < -0.3 is 19.7 Å². The van der Waals surface area contributed by atoms with Crippen molar-refractivity contribution in [2.24, 2.45) is 0 Å². The second kappa shape index (κ2) is 7.32. The normalized spacial score (nSPS) is 10.6. The fourth-order valence-electron chi connectivity index (χ4n) is 2.64. The Morgan fingerprint density at radius 2 is 1.96 bits per heavy atom. The average Bonchev–Trinajstić information content (AvgIpc) is 3.19. The van der Waals surface area contributed by atoms with Crippen LogP contribution in [-0.2, 0) is 4.79 Å². The summed E-state index contributed by atoms with van der Waals surface area (Å²) in [5, 5.41) is 6.23. The SMILES string of the molecule is Cc1cc(NC(=O)CN(C)C(=O)c2ccc(-n3c(C)c[nH]c3=O)cc2)no1. The minimum absolute atomic E-state index is 0.136. The molecule has 0 aliphatic rings. The maximum Gasteiger partial charge on any atom is 0.330 e. The van der Waals surface area contributed by atoms with Gasteiger partial charge in [-0.05, 0) is 38.1 Å². The molecular weight excluding hydrogens is 350 g/mol. The number of benzene rings is 1. The molecule has 1 aromatic carbocycles. The van der Waals surface area contributed by atoms with Crippen LogP contribution in [0.25, 0.3) is 5.69 Å². The molecule has 9 heteroatoms. The van der Waals surface area contributed by atoms with Crippen LogP contribution in [0.1, 0.15) is 21.8 Å². The Morgan fingerprint density at radius 3 is 2.52 bits per heavy atom. The van der Waals surface area contributed by atoms with Crippen LogP contribution in [0.15, 0.2) is 45.8 Å². The number of H-pyrrole nitrogens is 1. The summed E-state index contributed by atoms with van der Waals surface area (Å²) in [7, 11) is 1.53. The third-order valence-corrected chi connectivity index (χ3v) is 3.96. The van der Waals surface area contributed by atoms with Gasteiger partial charge >= 0.3 is 5.69 Å². The molecule has 0 fully saturated rings. The highest BCUT2D eigenvalue weighted by Gasteiger charge is 2.16. The highest BCUT2D eigenvalue weighted by Crippen LogP contribution is 2.12. The number of aromatic nitrogens is 3. The third-order valence-electron chi connectivity index (χ3n) is 3.96. The lowest BCUT2D eigenvalue weighted by molar-refractivity contribution is -0.116. The maximum atomic E-state index is 12.5. The van der Waals surface area contributed by atoms with E-state index in [0.717, 1.165) is 5.69 Å². The Kier molecular flexibility index (Phi) is 4.93. The van der Waals surface area contributed by atoms with E-state index in [9.17, 15) is 14.4 Å². The second-order valence-corrected chi connectivity index (χ2v) is 6.15. The van der Waals surface area contributed by atoms with Crippen molar-refractivity contribution in [3.8, 4) is 5.69 Å². The Labute approximate surface area is 154 Å². The number of amides is 2. The molecule has 0 radical (unpaired) electrons. The van der Waals surface area contributed by atoms with Gasteiger partial charge in [-0.2, -0.15) is 0 Å². The lowest BCUT2D eigenvalue weighted by Crippen LogP contribution is -2.35. The van der Waals surface area contributed by atoms with Crippen LogP contribution in [0, 0.1) is 13.8 Å². The topological polar surface area (TPSA) is 113 Å². The van der Waals surface area contributed by atoms with Crippen LogP contribution in [0.3, 0.4) is 0 Å². The summed E-state index contributed by atoms with van der Waals surface area (Å²) < 4.78 is 6.38. The van der Waals surface area contributed by atoms with Gasteiger partial charge in [-0.1, -0.05) is 5.16 Å². The zero-order valence-corrected chi connectivity index (χ0v) is 15.1. The second-order valence-electron chi connectivity index (χ2n) is 6.15. The van der Waals surface area contributed by atoms with Crippen molar-refractivity contribution in [1.82, 2.24) is 19.6 Å². The number of nitrogens with zero attached hydrogens (tertiary/aromatic N) is 3. The molecule has 3 rings (SSSR count). The van der Waals surface area contributed by atoms with Gasteiger partial charge in [0, 0.05) is 30.6 Å². The minimum Gasteiger partial charge on any atom is -0.360 e. The van der Waals surface area contributed by atoms with Gasteiger partial charge in [0.2, 0.25) is 5.91 Å². The van der Waals surface area contributed by atoms with E-state index in [0.29, 0.717) is 22.8 Å². The maximum absolute atomic E-state index is 12.5. The van der Waals surface area contributed by atoms with Gasteiger partial charge in [-0.3, -0.25) is 14.2 Å². The molecule has 140 valence electrons. The van der Waals surface area contributed by atoms with Gasteiger partial charge in [0.1, 0.15) is 5.76 Å². The van der Waals surface area contributed by atoms with Crippen LogP contribution in [0.2, 0.25) is 0 Å². The van der Waals surface area contributed by atoms with Crippen LogP contribution in [0.5, 0.6) is 0 Å². The summed E-state index contributed by atoms with van der Waals surface area (Å²) >= 11 is 0. The van der Waals surface area contributed by atoms with E-state index in [2.05, 4.69) is 15.5 Å². The highest BCUT2D eigenvalue weighted by atomic mass is 16.5. The Hall–Kier alpha value is -3.62. The number of nitrogens with one attached hydrogen (secondary N) is 2. The zero-order chi connectivity index (χ0) is 19.6. The molecule has 0 aliphatic heterocycles. The van der Waals surface area contributed by atoms with Crippen LogP contribution in [-0.4, -0.2) is 45.0 Å². The molecule has 0 spiro atoms. The summed E-state index contributed by atoms with van der Waals surface area (Å²) in [6.07, 6.45) is 1.62. The average molecular weight is 369 g/mol. The number of carbonyl (C=O) groups is 2. The monoisotopic (exact) mass is 369 g/mol. The largest absolute Gasteiger partial charge is 0.360 e. The summed E-state index contributed by atoms with van der Waals surface area (Å²) in [4.78, 5) is 40.3. The van der Waals surface area contributed by atoms with Gasteiger partial charge in [0.25, 0.3) is 5.91 Å². The number of hydrogen-bond donors (Lipinski definition) is 2. The minimum atomic E-state index is -0.384. The predicted molar refractivity (Wildman–Crippen MR) is 98.0 cm³/mol. The Bertz CT molecular complexity index is 1030. The Balaban J connectivity index is 1.66. The molecule has 3 aromatic rings. The molecule has 0 atom stereocenters. The van der Waals surface area contributed by atoms with Crippen LogP contribution in [0.4, 0.5) is 5.82 Å². The Morgan fingerprint density at radius 1 is 1.26 bits per heavy atom. The lowest BCUT2D eigenvalue weighted by atomic mass is 10.2. The van der Waals surface area contributed by atoms with E-state index in [1.165, 1.54) is 16.5 Å². The number of rotatable bonds is 5. The number of aromatic amines is 1. The van der Waals surface area contributed by atoms with E-state index >= 15 is 0 Å². The molecule has 0 bridgehead atoms. The first-order valence-corrected chi connectivity index (χ1v) is 8.21. The molecule has 2 heterocycles. The van der Waals surface area contributed by atoms with Crippen LogP contribution >= 0.6 is 0 Å². The van der Waals surface area contributed by atoms with Gasteiger partial charge in [-0.15, -0.1) is 0 Å². The van der Waals surface area contributed by atoms with Crippen molar-refractivity contribution in [3.05, 3.63) is 64.0 Å². The van der Waals surface area contributed by atoms with Gasteiger partial charge in [0.15, 0.2) is 5.82 Å². The van der Waals surface area contributed by atoms with Crippen molar-refractivity contribution in [2.75, 3.05) is 18.9 Å². The fraction of sp³-hybridized carbons (Fsp3) is 0.222. The molecule has 2 aromatic heterocycles. The number of imidazole rings is 1. The van der Waals surface area contributed by atoms with Gasteiger partial charge in [0.05, 0.1) is 12.2 Å². The van der Waals surface area contributed by atoms with E-state index in [1.807, 2.05) is 0 Å². The highest BCUT2D eigenvalue weighted by molar-refractivity contribution is 5.99. The molecule has 2 N–H and O–H groups in total. The van der Waals surface area contributed by atoms with E-state index in [1.54, 1.807) is 50.4 Å². The molecule has 0 saturated carbocycles. The summed E-state index contributed by atoms with van der Waals surface area (Å²) in [5.41, 5.74) is 1.57. The number of likely N-dealkylation sites (N-methyl/N-ethyl adjacent to an activating group) is 1. The van der Waals surface area contributed by atoms with Crippen molar-refractivity contribution < 1.29 is 14.1 Å². The first kappa shape index (κ1) is 18.2. The van der Waals surface area contributed by atoms with Crippen molar-refractivity contribution >= 4 is 17.6 Å². The molecular formula is C18H19N5O4. The first-order valence-electron chi connectivity index (χ1n) is 8.21. The predicted octanol–water partition coefficient (Wildman–Crippen LogP) is 1.48. The number of anilines is 1. The smallest absolute Gasteiger partial charge is 0.330 e. The standard InChI is InChI=1S/C18H19N5O4/c1-11-9-19-18(26)23(11)14-6-4-13(5-7-14)17(25)22(3)10-16(24)20-15-8-12(2)27-21-15/h4-9H,10H2,1-3H3,(H,19,26)(H,20,21,24). The van der Waals surface area contributed by atoms with Gasteiger partial charge in [-0.25, -0.2) is 4.79 Å².